The Morgan fingerprint density at radius 1 is 1.04 bits per heavy atom. The minimum Gasteiger partial charge on any atom is -0.384 e. The molecule has 0 amide bonds. The van der Waals surface area contributed by atoms with Gasteiger partial charge in [0.05, 0.1) is 0 Å². The first-order valence-electron chi connectivity index (χ1n) is 7.17. The molecule has 1 atom stereocenters. The van der Waals surface area contributed by atoms with Crippen LogP contribution in [0.15, 0.2) is 52.8 Å². The first-order chi connectivity index (χ1) is 11.2. The Morgan fingerprint density at radius 2 is 1.58 bits per heavy atom. The molecule has 1 heterocycles. The number of alkyl halides is 3. The summed E-state index contributed by atoms with van der Waals surface area (Å²) in [5.41, 5.74) is -4.79. The molecule has 0 aliphatic rings. The van der Waals surface area contributed by atoms with Crippen molar-refractivity contribution in [2.45, 2.75) is 34.7 Å². The second kappa shape index (κ2) is 7.76. The molecule has 24 heavy (non-hydrogen) atoms. The largest absolute Gasteiger partial charge is 0.446 e. The van der Waals surface area contributed by atoms with Crippen LogP contribution in [0.5, 0.6) is 0 Å². The van der Waals surface area contributed by atoms with Gasteiger partial charge in [0.15, 0.2) is 0 Å². The van der Waals surface area contributed by atoms with Crippen LogP contribution in [0.25, 0.3) is 0 Å². The highest BCUT2D eigenvalue weighted by molar-refractivity contribution is 8.00. The molecule has 0 saturated carbocycles. The normalized spacial score (nSPS) is 14.6. The van der Waals surface area contributed by atoms with E-state index in [9.17, 15) is 18.3 Å². The molecule has 0 fully saturated rings. The lowest BCUT2D eigenvalue weighted by Gasteiger charge is -2.31. The van der Waals surface area contributed by atoms with Gasteiger partial charge in [-0.1, -0.05) is 13.8 Å². The summed E-state index contributed by atoms with van der Waals surface area (Å²) in [6.45, 7) is 3.80. The quantitative estimate of drug-likeness (QED) is 0.741. The zero-order chi connectivity index (χ0) is 17.8. The molecule has 0 bridgehead atoms. The summed E-state index contributed by atoms with van der Waals surface area (Å²) in [7, 11) is 0. The Hall–Kier alpha value is -1.25. The topological polar surface area (TPSA) is 46.0 Å². The highest BCUT2D eigenvalue weighted by Crippen LogP contribution is 2.38. The van der Waals surface area contributed by atoms with Crippen molar-refractivity contribution in [3.8, 4) is 0 Å². The number of aromatic nitrogens is 2. The van der Waals surface area contributed by atoms with Crippen LogP contribution in [0, 0.1) is 5.92 Å². The van der Waals surface area contributed by atoms with Gasteiger partial charge in [-0.2, -0.15) is 13.2 Å². The summed E-state index contributed by atoms with van der Waals surface area (Å²) in [4.78, 5) is 8.82. The maximum Gasteiger partial charge on any atom is 0.446 e. The van der Waals surface area contributed by atoms with Gasteiger partial charge in [-0.05, 0) is 41.9 Å². The molecule has 130 valence electrons. The zero-order valence-electron chi connectivity index (χ0n) is 13.1. The molecule has 0 radical (unpaired) electrons. The van der Waals surface area contributed by atoms with Crippen LogP contribution < -0.4 is 0 Å². The summed E-state index contributed by atoms with van der Waals surface area (Å²) in [5, 5.41) is 11.0. The predicted molar refractivity (Wildman–Crippen MR) is 89.8 cm³/mol. The summed E-state index contributed by atoms with van der Waals surface area (Å²) in [5.74, 6) is 0.278. The number of hydrogen-bond acceptors (Lipinski definition) is 5. The van der Waals surface area contributed by atoms with Gasteiger partial charge < -0.3 is 5.11 Å². The van der Waals surface area contributed by atoms with E-state index in [1.165, 1.54) is 30.2 Å². The van der Waals surface area contributed by atoms with Gasteiger partial charge in [0.1, 0.15) is 11.9 Å². The molecule has 1 N–H and O–H groups in total. The molecular formula is C16H17F3N2OS2. The van der Waals surface area contributed by atoms with Gasteiger partial charge in [0.25, 0.3) is 0 Å². The van der Waals surface area contributed by atoms with E-state index >= 15 is 0 Å². The van der Waals surface area contributed by atoms with Crippen molar-refractivity contribution in [2.75, 3.05) is 5.75 Å². The van der Waals surface area contributed by atoms with E-state index in [0.29, 0.717) is 11.3 Å². The van der Waals surface area contributed by atoms with Gasteiger partial charge in [0.2, 0.25) is 0 Å². The first kappa shape index (κ1) is 19.1. The monoisotopic (exact) mass is 374 g/mol. The van der Waals surface area contributed by atoms with Gasteiger partial charge in [-0.3, -0.25) is 0 Å². The molecular weight excluding hydrogens is 357 g/mol. The minimum absolute atomic E-state index is 0.0731. The molecule has 2 rings (SSSR count). The highest BCUT2D eigenvalue weighted by atomic mass is 32.2. The third kappa shape index (κ3) is 5.12. The van der Waals surface area contributed by atoms with Crippen molar-refractivity contribution >= 4 is 23.5 Å². The number of rotatable bonds is 6. The van der Waals surface area contributed by atoms with Crippen LogP contribution in [0.3, 0.4) is 0 Å². The maximum absolute atomic E-state index is 12.3. The fourth-order valence-electron chi connectivity index (χ4n) is 2.04. The molecule has 1 unspecified atom stereocenters. The van der Waals surface area contributed by atoms with Gasteiger partial charge in [-0.15, -0.1) is 11.8 Å². The summed E-state index contributed by atoms with van der Waals surface area (Å²) in [6, 6.07) is 6.11. The molecule has 1 aromatic heterocycles. The van der Waals surface area contributed by atoms with Crippen LogP contribution in [-0.4, -0.2) is 26.3 Å². The number of aliphatic hydroxyl groups is 1. The summed E-state index contributed by atoms with van der Waals surface area (Å²) >= 11 is 1.24. The van der Waals surface area contributed by atoms with Gasteiger partial charge in [0, 0.05) is 33.5 Å². The summed E-state index contributed by atoms with van der Waals surface area (Å²) < 4.78 is 37.0. The number of thioether (sulfide) groups is 2. The van der Waals surface area contributed by atoms with E-state index in [-0.39, 0.29) is 22.6 Å². The van der Waals surface area contributed by atoms with E-state index in [4.69, 9.17) is 0 Å². The Balaban J connectivity index is 2.08. The lowest BCUT2D eigenvalue weighted by molar-refractivity contribution is -0.0328. The third-order valence-corrected chi connectivity index (χ3v) is 5.46. The van der Waals surface area contributed by atoms with Crippen molar-refractivity contribution in [3.63, 3.8) is 0 Å². The molecule has 0 spiro atoms. The van der Waals surface area contributed by atoms with Crippen molar-refractivity contribution in [2.24, 2.45) is 5.92 Å². The number of halogens is 3. The molecule has 0 saturated heterocycles. The number of nitrogens with zero attached hydrogens (tertiary/aromatic N) is 2. The molecule has 3 nitrogen and oxygen atoms in total. The van der Waals surface area contributed by atoms with E-state index in [0.717, 1.165) is 4.90 Å². The third-order valence-electron chi connectivity index (χ3n) is 3.53. The maximum atomic E-state index is 12.3. The Labute approximate surface area is 147 Å². The van der Waals surface area contributed by atoms with Crippen molar-refractivity contribution in [3.05, 3.63) is 48.5 Å². The standard InChI is InChI=1S/C16H17F3N2OS2/c1-11(2)15(22,12-7-20-10-21-8-12)9-23-13-3-5-14(6-4-13)24-16(17,18)19/h3-8,10-11,22H,9H2,1-2H3. The Bertz CT molecular complexity index is 651. The second-order valence-electron chi connectivity index (χ2n) is 5.51. The van der Waals surface area contributed by atoms with Crippen LogP contribution in [0.2, 0.25) is 0 Å². The van der Waals surface area contributed by atoms with Crippen LogP contribution >= 0.6 is 23.5 Å². The van der Waals surface area contributed by atoms with Crippen molar-refractivity contribution < 1.29 is 18.3 Å². The Morgan fingerprint density at radius 3 is 2.08 bits per heavy atom. The van der Waals surface area contributed by atoms with Crippen molar-refractivity contribution in [1.82, 2.24) is 9.97 Å². The average Bonchev–Trinajstić information content (AvgIpc) is 2.53. The SMILES string of the molecule is CC(C)C(O)(CSc1ccc(SC(F)(F)F)cc1)c1cncnc1. The Kier molecular flexibility index (Phi) is 6.17. The van der Waals surface area contributed by atoms with Gasteiger partial charge in [-0.25, -0.2) is 9.97 Å². The smallest absolute Gasteiger partial charge is 0.384 e. The van der Waals surface area contributed by atoms with Crippen molar-refractivity contribution in [1.29, 1.82) is 0 Å². The second-order valence-corrected chi connectivity index (χ2v) is 7.70. The molecule has 0 aliphatic heterocycles. The molecule has 0 aliphatic carbocycles. The minimum atomic E-state index is -4.29. The predicted octanol–water partition coefficient (Wildman–Crippen LogP) is 4.72. The van der Waals surface area contributed by atoms with E-state index in [1.807, 2.05) is 13.8 Å². The first-order valence-corrected chi connectivity index (χ1v) is 8.97. The molecule has 2 aromatic rings. The van der Waals surface area contributed by atoms with Crippen LogP contribution in [0.1, 0.15) is 19.4 Å². The van der Waals surface area contributed by atoms with Crippen LogP contribution in [0.4, 0.5) is 13.2 Å². The van der Waals surface area contributed by atoms with E-state index < -0.39 is 11.1 Å². The molecule has 8 heteroatoms. The van der Waals surface area contributed by atoms with Crippen LogP contribution in [-0.2, 0) is 5.60 Å². The fraction of sp³-hybridized carbons (Fsp3) is 0.375. The number of hydrogen-bond donors (Lipinski definition) is 1. The summed E-state index contributed by atoms with van der Waals surface area (Å²) in [6.07, 6.45) is 4.56. The lowest BCUT2D eigenvalue weighted by atomic mass is 9.87. The fourth-order valence-corrected chi connectivity index (χ4v) is 3.79. The molecule has 1 aromatic carbocycles. The number of benzene rings is 1. The highest BCUT2D eigenvalue weighted by Gasteiger charge is 2.34. The lowest BCUT2D eigenvalue weighted by Crippen LogP contribution is -2.35. The van der Waals surface area contributed by atoms with Gasteiger partial charge >= 0.3 is 5.51 Å². The average molecular weight is 374 g/mol. The zero-order valence-corrected chi connectivity index (χ0v) is 14.8. The van der Waals surface area contributed by atoms with E-state index in [2.05, 4.69) is 9.97 Å². The van der Waals surface area contributed by atoms with E-state index in [1.54, 1.807) is 24.5 Å².